The third kappa shape index (κ3) is 4.75. The van der Waals surface area contributed by atoms with Crippen LogP contribution in [-0.4, -0.2) is 41.5 Å². The van der Waals surface area contributed by atoms with E-state index in [0.717, 1.165) is 11.8 Å². The van der Waals surface area contributed by atoms with Crippen LogP contribution in [0.2, 0.25) is 0 Å². The van der Waals surface area contributed by atoms with Crippen LogP contribution < -0.4 is 5.32 Å². The topological polar surface area (TPSA) is 95.9 Å². The summed E-state index contributed by atoms with van der Waals surface area (Å²) in [5, 5.41) is 1.85. The molecule has 1 aliphatic heterocycles. The molecule has 1 N–H and O–H groups in total. The molecule has 1 unspecified atom stereocenters. The number of carbonyl (C=O) groups excluding carboxylic acids is 2. The second-order valence-corrected chi connectivity index (χ2v) is 9.01. The van der Waals surface area contributed by atoms with Crippen LogP contribution in [-0.2, 0) is 19.6 Å². The summed E-state index contributed by atoms with van der Waals surface area (Å²) in [6.45, 7) is 3.72. The number of rotatable bonds is 7. The Balaban J connectivity index is 1.84. The van der Waals surface area contributed by atoms with E-state index < -0.39 is 21.2 Å². The summed E-state index contributed by atoms with van der Waals surface area (Å²) in [6, 6.07) is 16.5. The molecule has 0 bridgehead atoms. The van der Waals surface area contributed by atoms with Crippen molar-refractivity contribution in [1.82, 2.24) is 4.31 Å². The van der Waals surface area contributed by atoms with E-state index in [1.165, 1.54) is 18.2 Å². The molecule has 1 heterocycles. The van der Waals surface area contributed by atoms with Crippen LogP contribution in [0, 0.1) is 0 Å². The number of carbonyl (C=O) groups is 2. The lowest BCUT2D eigenvalue weighted by molar-refractivity contribution is -0.125. The van der Waals surface area contributed by atoms with Crippen molar-refractivity contribution in [1.29, 1.82) is 0 Å². The Morgan fingerprint density at radius 1 is 1.14 bits per heavy atom. The van der Waals surface area contributed by atoms with Crippen molar-refractivity contribution in [2.24, 2.45) is 4.99 Å². The number of aliphatic imine (C=N–C) groups is 1. The highest BCUT2D eigenvalue weighted by Gasteiger charge is 2.46. The molecule has 1 fully saturated rings. The first-order valence-corrected chi connectivity index (χ1v) is 11.1. The standard InChI is InChI=1S/C20H19N3O4S2/c1-2-13-21-20-23(29(26,27)16-11-7-4-8-12-16)19(25)17(28-20)14-18(24)22-15-9-5-3-6-10-15/h2-12,17H,1,13-14H2,(H,22,24). The van der Waals surface area contributed by atoms with E-state index in [4.69, 9.17) is 0 Å². The number of hydrogen-bond acceptors (Lipinski definition) is 6. The summed E-state index contributed by atoms with van der Waals surface area (Å²) in [4.78, 5) is 29.4. The lowest BCUT2D eigenvalue weighted by atomic mass is 10.2. The number of hydrogen-bond donors (Lipinski definition) is 1. The monoisotopic (exact) mass is 429 g/mol. The van der Waals surface area contributed by atoms with Gasteiger partial charge in [-0.1, -0.05) is 54.2 Å². The van der Waals surface area contributed by atoms with Crippen LogP contribution in [0.25, 0.3) is 0 Å². The number of nitrogens with zero attached hydrogens (tertiary/aromatic N) is 2. The Kier molecular flexibility index (Phi) is 6.50. The van der Waals surface area contributed by atoms with Crippen molar-refractivity contribution in [2.75, 3.05) is 11.9 Å². The molecule has 2 aromatic rings. The molecule has 0 saturated carbocycles. The highest BCUT2D eigenvalue weighted by atomic mass is 32.2. The Morgan fingerprint density at radius 3 is 2.38 bits per heavy atom. The van der Waals surface area contributed by atoms with Crippen LogP contribution in [0.15, 0.2) is 83.2 Å². The molecule has 150 valence electrons. The molecular formula is C20H19N3O4S2. The van der Waals surface area contributed by atoms with Gasteiger partial charge in [-0.25, -0.2) is 8.42 Å². The summed E-state index contributed by atoms with van der Waals surface area (Å²) in [5.41, 5.74) is 0.599. The number of sulfonamides is 1. The van der Waals surface area contributed by atoms with Gasteiger partial charge in [0.25, 0.3) is 15.9 Å². The van der Waals surface area contributed by atoms with E-state index in [9.17, 15) is 18.0 Å². The molecule has 1 saturated heterocycles. The van der Waals surface area contributed by atoms with Gasteiger partial charge in [-0.2, -0.15) is 4.31 Å². The molecule has 9 heteroatoms. The average Bonchev–Trinajstić information content (AvgIpc) is 3.03. The first-order valence-electron chi connectivity index (χ1n) is 8.74. The molecule has 0 spiro atoms. The predicted molar refractivity (Wildman–Crippen MR) is 114 cm³/mol. The van der Waals surface area contributed by atoms with Gasteiger partial charge in [-0.15, -0.1) is 6.58 Å². The zero-order chi connectivity index (χ0) is 20.9. The number of nitrogens with one attached hydrogen (secondary N) is 1. The third-order valence-electron chi connectivity index (χ3n) is 3.96. The van der Waals surface area contributed by atoms with Gasteiger partial charge in [0, 0.05) is 12.1 Å². The average molecular weight is 430 g/mol. The van der Waals surface area contributed by atoms with E-state index in [1.54, 1.807) is 42.5 Å². The number of para-hydroxylation sites is 1. The van der Waals surface area contributed by atoms with Crippen LogP contribution >= 0.6 is 11.8 Å². The molecular weight excluding hydrogens is 410 g/mol. The maximum Gasteiger partial charge on any atom is 0.272 e. The van der Waals surface area contributed by atoms with Crippen LogP contribution in [0.5, 0.6) is 0 Å². The van der Waals surface area contributed by atoms with Gasteiger partial charge in [-0.3, -0.25) is 14.6 Å². The number of thioether (sulfide) groups is 1. The van der Waals surface area contributed by atoms with Crippen molar-refractivity contribution in [3.8, 4) is 0 Å². The second-order valence-electron chi connectivity index (χ2n) is 6.06. The van der Waals surface area contributed by atoms with E-state index in [0.29, 0.717) is 9.99 Å². The first-order chi connectivity index (χ1) is 13.9. The summed E-state index contributed by atoms with van der Waals surface area (Å²) in [6.07, 6.45) is 1.33. The molecule has 0 aromatic heterocycles. The van der Waals surface area contributed by atoms with Crippen LogP contribution in [0.1, 0.15) is 6.42 Å². The normalized spacial score (nSPS) is 18.1. The van der Waals surface area contributed by atoms with Gasteiger partial charge in [-0.05, 0) is 24.3 Å². The van der Waals surface area contributed by atoms with E-state index in [-0.39, 0.29) is 28.9 Å². The van der Waals surface area contributed by atoms with Crippen molar-refractivity contribution in [2.45, 2.75) is 16.6 Å². The van der Waals surface area contributed by atoms with Crippen molar-refractivity contribution in [3.63, 3.8) is 0 Å². The minimum absolute atomic E-state index is 0.0189. The summed E-state index contributed by atoms with van der Waals surface area (Å²) in [7, 11) is -4.13. The third-order valence-corrected chi connectivity index (χ3v) is 6.95. The molecule has 1 aliphatic rings. The molecule has 2 aromatic carbocycles. The fourth-order valence-electron chi connectivity index (χ4n) is 2.64. The van der Waals surface area contributed by atoms with Gasteiger partial charge < -0.3 is 5.32 Å². The van der Waals surface area contributed by atoms with Crippen molar-refractivity contribution in [3.05, 3.63) is 73.3 Å². The summed E-state index contributed by atoms with van der Waals surface area (Å²) >= 11 is 0.966. The fraction of sp³-hybridized carbons (Fsp3) is 0.150. The number of anilines is 1. The van der Waals surface area contributed by atoms with Crippen LogP contribution in [0.4, 0.5) is 5.69 Å². The molecule has 29 heavy (non-hydrogen) atoms. The lowest BCUT2D eigenvalue weighted by Crippen LogP contribution is -2.38. The van der Waals surface area contributed by atoms with E-state index >= 15 is 0 Å². The number of amidine groups is 1. The van der Waals surface area contributed by atoms with Gasteiger partial charge in [0.1, 0.15) is 5.25 Å². The first kappa shape index (κ1) is 20.8. The molecule has 1 atom stereocenters. The Hall–Kier alpha value is -2.91. The highest BCUT2D eigenvalue weighted by molar-refractivity contribution is 8.17. The highest BCUT2D eigenvalue weighted by Crippen LogP contribution is 2.34. The van der Waals surface area contributed by atoms with E-state index in [2.05, 4.69) is 16.9 Å². The number of benzene rings is 2. The van der Waals surface area contributed by atoms with Gasteiger partial charge in [0.05, 0.1) is 11.4 Å². The Bertz CT molecular complexity index is 1040. The summed E-state index contributed by atoms with van der Waals surface area (Å²) < 4.78 is 26.7. The lowest BCUT2D eigenvalue weighted by Gasteiger charge is -2.16. The number of amides is 2. The van der Waals surface area contributed by atoms with E-state index in [1.807, 2.05) is 6.07 Å². The second kappa shape index (κ2) is 9.06. The zero-order valence-corrected chi connectivity index (χ0v) is 17.0. The molecule has 0 aliphatic carbocycles. The van der Waals surface area contributed by atoms with Crippen molar-refractivity contribution < 1.29 is 18.0 Å². The predicted octanol–water partition coefficient (Wildman–Crippen LogP) is 2.89. The van der Waals surface area contributed by atoms with Crippen molar-refractivity contribution >= 4 is 44.5 Å². The maximum atomic E-state index is 13.0. The maximum absolute atomic E-state index is 13.0. The summed E-state index contributed by atoms with van der Waals surface area (Å²) in [5.74, 6) is -1.08. The minimum atomic E-state index is -4.13. The quantitative estimate of drug-likeness (QED) is 0.683. The van der Waals surface area contributed by atoms with Gasteiger partial charge >= 0.3 is 0 Å². The smallest absolute Gasteiger partial charge is 0.272 e. The minimum Gasteiger partial charge on any atom is -0.326 e. The Labute approximate surface area is 173 Å². The largest absolute Gasteiger partial charge is 0.326 e. The zero-order valence-electron chi connectivity index (χ0n) is 15.4. The Morgan fingerprint density at radius 2 is 1.76 bits per heavy atom. The van der Waals surface area contributed by atoms with Crippen LogP contribution in [0.3, 0.4) is 0 Å². The molecule has 7 nitrogen and oxygen atoms in total. The fourth-order valence-corrected chi connectivity index (χ4v) is 5.50. The molecule has 2 amide bonds. The molecule has 3 rings (SSSR count). The van der Waals surface area contributed by atoms with Gasteiger partial charge in [0.2, 0.25) is 5.91 Å². The molecule has 0 radical (unpaired) electrons. The SMILES string of the molecule is C=CCN=C1SC(CC(=O)Nc2ccccc2)C(=O)N1S(=O)(=O)c1ccccc1. The van der Waals surface area contributed by atoms with Gasteiger partial charge in [0.15, 0.2) is 5.17 Å².